The lowest BCUT2D eigenvalue weighted by Gasteiger charge is -2.18. The number of thiophene rings is 1. The molecule has 2 heterocycles. The van der Waals surface area contributed by atoms with E-state index in [1.54, 1.807) is 13.2 Å². The van der Waals surface area contributed by atoms with E-state index in [-0.39, 0.29) is 5.91 Å². The quantitative estimate of drug-likeness (QED) is 0.910. The van der Waals surface area contributed by atoms with Crippen LogP contribution in [0.3, 0.4) is 0 Å². The summed E-state index contributed by atoms with van der Waals surface area (Å²) in [6, 6.07) is 7.75. The zero-order chi connectivity index (χ0) is 13.9. The van der Waals surface area contributed by atoms with Crippen molar-refractivity contribution in [1.82, 2.24) is 0 Å². The van der Waals surface area contributed by atoms with Gasteiger partial charge in [0.25, 0.3) is 5.91 Å². The third-order valence-electron chi connectivity index (χ3n) is 3.34. The molecule has 1 amide bonds. The molecule has 0 saturated heterocycles. The van der Waals surface area contributed by atoms with Crippen molar-refractivity contribution >= 4 is 28.6 Å². The zero-order valence-electron chi connectivity index (χ0n) is 11.2. The molecule has 3 rings (SSSR count). The number of hydrogen-bond acceptors (Lipinski definition) is 4. The first-order chi connectivity index (χ1) is 9.76. The van der Waals surface area contributed by atoms with Crippen molar-refractivity contribution in [1.29, 1.82) is 0 Å². The van der Waals surface area contributed by atoms with E-state index in [0.717, 1.165) is 30.8 Å². The van der Waals surface area contributed by atoms with Crippen molar-refractivity contribution in [2.75, 3.05) is 24.3 Å². The highest BCUT2D eigenvalue weighted by atomic mass is 32.1. The maximum absolute atomic E-state index is 12.1. The average Bonchev–Trinajstić information content (AvgIpc) is 2.96. The number of benzene rings is 1. The number of anilines is 2. The highest BCUT2D eigenvalue weighted by molar-refractivity contribution is 7.12. The average molecular weight is 288 g/mol. The van der Waals surface area contributed by atoms with Gasteiger partial charge < -0.3 is 15.4 Å². The van der Waals surface area contributed by atoms with E-state index >= 15 is 0 Å². The van der Waals surface area contributed by atoms with Gasteiger partial charge in [0, 0.05) is 29.4 Å². The van der Waals surface area contributed by atoms with Crippen molar-refractivity contribution in [2.24, 2.45) is 0 Å². The summed E-state index contributed by atoms with van der Waals surface area (Å²) >= 11 is 1.38. The Labute approximate surface area is 121 Å². The smallest absolute Gasteiger partial charge is 0.265 e. The first-order valence-electron chi connectivity index (χ1n) is 6.57. The fourth-order valence-electron chi connectivity index (χ4n) is 2.29. The van der Waals surface area contributed by atoms with Crippen molar-refractivity contribution in [2.45, 2.75) is 12.8 Å². The second-order valence-electron chi connectivity index (χ2n) is 4.71. The number of methoxy groups -OCH3 is 1. The Hall–Kier alpha value is -2.01. The minimum atomic E-state index is -0.0954. The zero-order valence-corrected chi connectivity index (χ0v) is 12.0. The van der Waals surface area contributed by atoms with Crippen LogP contribution in [0.2, 0.25) is 0 Å². The molecule has 4 nitrogen and oxygen atoms in total. The molecule has 104 valence electrons. The molecule has 0 spiro atoms. The minimum Gasteiger partial charge on any atom is -0.496 e. The molecule has 0 saturated carbocycles. The van der Waals surface area contributed by atoms with E-state index < -0.39 is 0 Å². The molecule has 0 radical (unpaired) electrons. The summed E-state index contributed by atoms with van der Waals surface area (Å²) in [5, 5.41) is 8.12. The molecule has 0 unspecified atom stereocenters. The van der Waals surface area contributed by atoms with Crippen LogP contribution in [0.25, 0.3) is 0 Å². The highest BCUT2D eigenvalue weighted by Gasteiger charge is 2.12. The Morgan fingerprint density at radius 3 is 3.10 bits per heavy atom. The summed E-state index contributed by atoms with van der Waals surface area (Å²) < 4.78 is 5.09. The summed E-state index contributed by atoms with van der Waals surface area (Å²) in [6.07, 6.45) is 2.19. The van der Waals surface area contributed by atoms with E-state index in [1.807, 2.05) is 23.6 Å². The molecule has 1 aliphatic rings. The van der Waals surface area contributed by atoms with Crippen molar-refractivity contribution in [3.05, 3.63) is 40.1 Å². The molecule has 20 heavy (non-hydrogen) atoms. The predicted octanol–water partition coefficient (Wildman–Crippen LogP) is 3.37. The molecule has 1 aliphatic heterocycles. The fraction of sp³-hybridized carbons (Fsp3) is 0.267. The fourth-order valence-corrected chi connectivity index (χ4v) is 3.04. The maximum Gasteiger partial charge on any atom is 0.265 e. The number of amides is 1. The van der Waals surface area contributed by atoms with Gasteiger partial charge in [-0.15, -0.1) is 11.3 Å². The minimum absolute atomic E-state index is 0.0954. The Morgan fingerprint density at radius 1 is 1.40 bits per heavy atom. The number of nitrogens with one attached hydrogen (secondary N) is 2. The van der Waals surface area contributed by atoms with Crippen LogP contribution in [0, 0.1) is 0 Å². The predicted molar refractivity (Wildman–Crippen MR) is 82.1 cm³/mol. The van der Waals surface area contributed by atoms with E-state index in [1.165, 1.54) is 22.6 Å². The van der Waals surface area contributed by atoms with Crippen LogP contribution in [-0.2, 0) is 6.42 Å². The van der Waals surface area contributed by atoms with Gasteiger partial charge in [-0.25, -0.2) is 0 Å². The van der Waals surface area contributed by atoms with Crippen LogP contribution in [0.15, 0.2) is 29.6 Å². The summed E-state index contributed by atoms with van der Waals surface area (Å²) in [7, 11) is 1.60. The van der Waals surface area contributed by atoms with Crippen molar-refractivity contribution in [3.63, 3.8) is 0 Å². The van der Waals surface area contributed by atoms with Gasteiger partial charge in [-0.3, -0.25) is 4.79 Å². The van der Waals surface area contributed by atoms with Gasteiger partial charge in [-0.2, -0.15) is 0 Å². The number of ether oxygens (including phenoxy) is 1. The highest BCUT2D eigenvalue weighted by Crippen LogP contribution is 2.26. The van der Waals surface area contributed by atoms with E-state index in [0.29, 0.717) is 4.88 Å². The second kappa shape index (κ2) is 5.54. The van der Waals surface area contributed by atoms with E-state index in [4.69, 9.17) is 4.74 Å². The lowest BCUT2D eigenvalue weighted by Crippen LogP contribution is -2.14. The van der Waals surface area contributed by atoms with Gasteiger partial charge in [0.15, 0.2) is 0 Å². The normalized spacial score (nSPS) is 13.2. The molecule has 0 fully saturated rings. The lowest BCUT2D eigenvalue weighted by atomic mass is 10.0. The first-order valence-corrected chi connectivity index (χ1v) is 7.45. The first kappa shape index (κ1) is 13.0. The summed E-state index contributed by atoms with van der Waals surface area (Å²) in [5.74, 6) is 0.622. The number of rotatable bonds is 3. The summed E-state index contributed by atoms with van der Waals surface area (Å²) in [6.45, 7) is 1.02. The molecule has 0 aliphatic carbocycles. The number of fused-ring (bicyclic) bond motifs is 1. The van der Waals surface area contributed by atoms with Crippen molar-refractivity contribution < 1.29 is 9.53 Å². The van der Waals surface area contributed by atoms with Gasteiger partial charge in [0.1, 0.15) is 5.75 Å². The van der Waals surface area contributed by atoms with Gasteiger partial charge in [-0.05, 0) is 36.6 Å². The molecule has 0 bridgehead atoms. The third-order valence-corrected chi connectivity index (χ3v) is 4.24. The second-order valence-corrected chi connectivity index (χ2v) is 5.62. The molecular weight excluding hydrogens is 272 g/mol. The summed E-state index contributed by atoms with van der Waals surface area (Å²) in [5.41, 5.74) is 3.27. The van der Waals surface area contributed by atoms with Crippen LogP contribution in [-0.4, -0.2) is 19.6 Å². The number of carbonyl (C=O) groups is 1. The lowest BCUT2D eigenvalue weighted by molar-refractivity contribution is 0.103. The molecule has 0 atom stereocenters. The SMILES string of the molecule is COc1csc(C(=O)Nc2ccc3c(c2)CCCN3)c1. The Bertz CT molecular complexity index is 637. The Morgan fingerprint density at radius 2 is 2.30 bits per heavy atom. The Balaban J connectivity index is 1.75. The van der Waals surface area contributed by atoms with Gasteiger partial charge in [0.05, 0.1) is 12.0 Å². The number of hydrogen-bond donors (Lipinski definition) is 2. The van der Waals surface area contributed by atoms with Crippen LogP contribution in [0.5, 0.6) is 5.75 Å². The third kappa shape index (κ3) is 2.63. The standard InChI is InChI=1S/C15H16N2O2S/c1-19-12-8-14(20-9-12)15(18)17-11-4-5-13-10(7-11)3-2-6-16-13/h4-5,7-9,16H,2-3,6H2,1H3,(H,17,18). The van der Waals surface area contributed by atoms with Gasteiger partial charge >= 0.3 is 0 Å². The monoisotopic (exact) mass is 288 g/mol. The molecule has 2 N–H and O–H groups in total. The number of aryl methyl sites for hydroxylation is 1. The van der Waals surface area contributed by atoms with Crippen LogP contribution >= 0.6 is 11.3 Å². The van der Waals surface area contributed by atoms with Crippen LogP contribution in [0.1, 0.15) is 21.7 Å². The maximum atomic E-state index is 12.1. The summed E-state index contributed by atoms with van der Waals surface area (Å²) in [4.78, 5) is 12.8. The van der Waals surface area contributed by atoms with Crippen LogP contribution < -0.4 is 15.4 Å². The van der Waals surface area contributed by atoms with Gasteiger partial charge in [0.2, 0.25) is 0 Å². The van der Waals surface area contributed by atoms with E-state index in [9.17, 15) is 4.79 Å². The van der Waals surface area contributed by atoms with E-state index in [2.05, 4.69) is 10.6 Å². The number of carbonyl (C=O) groups excluding carboxylic acids is 1. The molecule has 1 aromatic heterocycles. The molecule has 2 aromatic rings. The van der Waals surface area contributed by atoms with Crippen molar-refractivity contribution in [3.8, 4) is 5.75 Å². The molecule has 5 heteroatoms. The topological polar surface area (TPSA) is 50.4 Å². The largest absolute Gasteiger partial charge is 0.496 e. The van der Waals surface area contributed by atoms with Gasteiger partial charge in [-0.1, -0.05) is 0 Å². The Kier molecular flexibility index (Phi) is 3.60. The molecule has 1 aromatic carbocycles. The molecular formula is C15H16N2O2S. The van der Waals surface area contributed by atoms with Crippen LogP contribution in [0.4, 0.5) is 11.4 Å².